The first-order valence-corrected chi connectivity index (χ1v) is 2.76. The normalized spacial score (nSPS) is 27.3. The zero-order valence-electron chi connectivity index (χ0n) is 5.02. The molecule has 1 aliphatic heterocycles. The number of halogens is 3. The lowest BCUT2D eigenvalue weighted by atomic mass is 10.3. The lowest BCUT2D eigenvalue weighted by Gasteiger charge is -2.11. The van der Waals surface area contributed by atoms with Crippen LogP contribution in [0.1, 0.15) is 6.42 Å². The zero-order valence-corrected chi connectivity index (χ0v) is 5.02. The summed E-state index contributed by atoms with van der Waals surface area (Å²) in [6, 6.07) is 0. The summed E-state index contributed by atoms with van der Waals surface area (Å²) in [5, 5.41) is 0. The summed E-state index contributed by atoms with van der Waals surface area (Å²) in [6.45, 7) is 1.32. The van der Waals surface area contributed by atoms with Gasteiger partial charge >= 0.3 is 6.36 Å². The standard InChI is InChI=1S/C5H6F3O2/c6-5(7,8)10-4-1-2-9-3-4/h2,4H,1,3H2. The topological polar surface area (TPSA) is 18.5 Å². The van der Waals surface area contributed by atoms with Crippen molar-refractivity contribution in [2.45, 2.75) is 18.9 Å². The number of alkyl halides is 3. The van der Waals surface area contributed by atoms with Gasteiger partial charge in [0.1, 0.15) is 0 Å². The van der Waals surface area contributed by atoms with Crippen LogP contribution in [0.15, 0.2) is 0 Å². The van der Waals surface area contributed by atoms with E-state index in [2.05, 4.69) is 9.47 Å². The van der Waals surface area contributed by atoms with E-state index in [0.29, 0.717) is 0 Å². The van der Waals surface area contributed by atoms with Crippen LogP contribution >= 0.6 is 0 Å². The average Bonchev–Trinajstić information content (AvgIpc) is 2.12. The van der Waals surface area contributed by atoms with Crippen LogP contribution < -0.4 is 0 Å². The number of ether oxygens (including phenoxy) is 2. The Labute approximate surface area is 55.9 Å². The molecule has 0 aromatic rings. The molecule has 1 unspecified atom stereocenters. The van der Waals surface area contributed by atoms with Crippen molar-refractivity contribution in [3.05, 3.63) is 6.61 Å². The molecule has 2 nitrogen and oxygen atoms in total. The molecule has 0 aliphatic carbocycles. The Bertz CT molecular complexity index is 106. The van der Waals surface area contributed by atoms with Crippen LogP contribution in [-0.4, -0.2) is 19.1 Å². The van der Waals surface area contributed by atoms with Crippen molar-refractivity contribution >= 4 is 0 Å². The molecule has 0 spiro atoms. The second-order valence-electron chi connectivity index (χ2n) is 1.92. The quantitative estimate of drug-likeness (QED) is 0.570. The van der Waals surface area contributed by atoms with E-state index < -0.39 is 12.5 Å². The molecule has 1 heterocycles. The molecule has 0 aromatic heterocycles. The monoisotopic (exact) mass is 155 g/mol. The molecule has 0 aromatic carbocycles. The highest BCUT2D eigenvalue weighted by Crippen LogP contribution is 2.23. The van der Waals surface area contributed by atoms with Crippen LogP contribution in [0.4, 0.5) is 13.2 Å². The third-order valence-corrected chi connectivity index (χ3v) is 1.06. The first-order chi connectivity index (χ1) is 4.58. The minimum Gasteiger partial charge on any atom is -0.373 e. The molecule has 0 saturated carbocycles. The van der Waals surface area contributed by atoms with E-state index in [-0.39, 0.29) is 13.0 Å². The van der Waals surface area contributed by atoms with Crippen molar-refractivity contribution in [2.75, 3.05) is 6.61 Å². The lowest BCUT2D eigenvalue weighted by Crippen LogP contribution is -2.23. The highest BCUT2D eigenvalue weighted by molar-refractivity contribution is 4.71. The van der Waals surface area contributed by atoms with Crippen molar-refractivity contribution < 1.29 is 22.6 Å². The van der Waals surface area contributed by atoms with E-state index in [0.717, 1.165) is 0 Å². The van der Waals surface area contributed by atoms with E-state index in [4.69, 9.17) is 0 Å². The SMILES string of the molecule is FC(F)(F)OC1C[CH]OC1. The van der Waals surface area contributed by atoms with Crippen molar-refractivity contribution in [1.29, 1.82) is 0 Å². The minimum absolute atomic E-state index is 0.000486. The predicted octanol–water partition coefficient (Wildman–Crippen LogP) is 1.47. The summed E-state index contributed by atoms with van der Waals surface area (Å²) in [7, 11) is 0. The molecule has 0 amide bonds. The smallest absolute Gasteiger partial charge is 0.373 e. The van der Waals surface area contributed by atoms with Crippen molar-refractivity contribution in [3.63, 3.8) is 0 Å². The summed E-state index contributed by atoms with van der Waals surface area (Å²) >= 11 is 0. The van der Waals surface area contributed by atoms with Gasteiger partial charge in [-0.1, -0.05) is 0 Å². The first kappa shape index (κ1) is 7.81. The van der Waals surface area contributed by atoms with Crippen LogP contribution in [-0.2, 0) is 9.47 Å². The average molecular weight is 155 g/mol. The Morgan fingerprint density at radius 1 is 1.50 bits per heavy atom. The van der Waals surface area contributed by atoms with Crippen LogP contribution in [0.5, 0.6) is 0 Å². The fraction of sp³-hybridized carbons (Fsp3) is 0.800. The molecular formula is C5H6F3O2. The van der Waals surface area contributed by atoms with Crippen molar-refractivity contribution in [1.82, 2.24) is 0 Å². The molecule has 0 N–H and O–H groups in total. The van der Waals surface area contributed by atoms with Crippen molar-refractivity contribution in [3.8, 4) is 0 Å². The van der Waals surface area contributed by atoms with Crippen LogP contribution in [0.2, 0.25) is 0 Å². The maximum Gasteiger partial charge on any atom is 0.522 e. The van der Waals surface area contributed by atoms with Gasteiger partial charge in [0, 0.05) is 6.42 Å². The lowest BCUT2D eigenvalue weighted by molar-refractivity contribution is -0.341. The number of rotatable bonds is 1. The molecule has 10 heavy (non-hydrogen) atoms. The fourth-order valence-corrected chi connectivity index (χ4v) is 0.690. The molecule has 59 valence electrons. The second kappa shape index (κ2) is 2.75. The summed E-state index contributed by atoms with van der Waals surface area (Å²) in [5.41, 5.74) is 0. The molecule has 1 aliphatic rings. The van der Waals surface area contributed by atoms with Gasteiger partial charge in [-0.25, -0.2) is 0 Å². The Morgan fingerprint density at radius 2 is 2.20 bits per heavy atom. The second-order valence-corrected chi connectivity index (χ2v) is 1.92. The van der Waals surface area contributed by atoms with Gasteiger partial charge in [0.05, 0.1) is 19.3 Å². The zero-order chi connectivity index (χ0) is 7.61. The van der Waals surface area contributed by atoms with Gasteiger partial charge in [-0.15, -0.1) is 13.2 Å². The Kier molecular flexibility index (Phi) is 2.15. The predicted molar refractivity (Wildman–Crippen MR) is 25.8 cm³/mol. The summed E-state index contributed by atoms with van der Waals surface area (Å²) < 4.78 is 42.4. The van der Waals surface area contributed by atoms with Gasteiger partial charge in [-0.2, -0.15) is 0 Å². The molecule has 5 heteroatoms. The third-order valence-electron chi connectivity index (χ3n) is 1.06. The van der Waals surface area contributed by atoms with Gasteiger partial charge in [0.2, 0.25) is 0 Å². The highest BCUT2D eigenvalue weighted by Gasteiger charge is 2.35. The molecule has 1 saturated heterocycles. The molecule has 1 rings (SSSR count). The maximum atomic E-state index is 11.4. The Hall–Kier alpha value is -0.290. The fourth-order valence-electron chi connectivity index (χ4n) is 0.690. The molecular weight excluding hydrogens is 149 g/mol. The van der Waals surface area contributed by atoms with Crippen LogP contribution in [0.25, 0.3) is 0 Å². The number of hydrogen-bond acceptors (Lipinski definition) is 2. The van der Waals surface area contributed by atoms with Gasteiger partial charge in [0.15, 0.2) is 0 Å². The highest BCUT2D eigenvalue weighted by atomic mass is 19.4. The van der Waals surface area contributed by atoms with Crippen LogP contribution in [0, 0.1) is 6.61 Å². The van der Waals surface area contributed by atoms with E-state index in [9.17, 15) is 13.2 Å². The largest absolute Gasteiger partial charge is 0.522 e. The molecule has 1 fully saturated rings. The summed E-state index contributed by atoms with van der Waals surface area (Å²) in [5.74, 6) is 0. The van der Waals surface area contributed by atoms with Crippen LogP contribution in [0.3, 0.4) is 0 Å². The summed E-state index contributed by atoms with van der Waals surface area (Å²) in [6.07, 6.45) is -5.17. The van der Waals surface area contributed by atoms with E-state index in [1.165, 1.54) is 6.61 Å². The van der Waals surface area contributed by atoms with Gasteiger partial charge in [-0.05, 0) is 0 Å². The Morgan fingerprint density at radius 3 is 2.60 bits per heavy atom. The van der Waals surface area contributed by atoms with E-state index in [1.807, 2.05) is 0 Å². The number of hydrogen-bond donors (Lipinski definition) is 0. The van der Waals surface area contributed by atoms with E-state index in [1.54, 1.807) is 0 Å². The minimum atomic E-state index is -4.54. The molecule has 1 radical (unpaired) electrons. The summed E-state index contributed by atoms with van der Waals surface area (Å²) in [4.78, 5) is 0. The van der Waals surface area contributed by atoms with Gasteiger partial charge in [0.25, 0.3) is 0 Å². The maximum absolute atomic E-state index is 11.4. The Balaban J connectivity index is 2.24. The molecule has 0 bridgehead atoms. The van der Waals surface area contributed by atoms with Gasteiger partial charge in [-0.3, -0.25) is 4.74 Å². The third kappa shape index (κ3) is 2.53. The van der Waals surface area contributed by atoms with Gasteiger partial charge < -0.3 is 4.74 Å². The van der Waals surface area contributed by atoms with E-state index >= 15 is 0 Å². The van der Waals surface area contributed by atoms with Crippen molar-refractivity contribution in [2.24, 2.45) is 0 Å². The first-order valence-electron chi connectivity index (χ1n) is 2.76. The molecule has 1 atom stereocenters.